The first-order chi connectivity index (χ1) is 8.61. The minimum atomic E-state index is -0.785. The van der Waals surface area contributed by atoms with Gasteiger partial charge in [-0.1, -0.05) is 31.2 Å². The molecule has 0 aliphatic rings. The predicted molar refractivity (Wildman–Crippen MR) is 77.1 cm³/mol. The van der Waals surface area contributed by atoms with Crippen LogP contribution in [0.15, 0.2) is 24.3 Å². The zero-order chi connectivity index (χ0) is 13.4. The van der Waals surface area contributed by atoms with Crippen molar-refractivity contribution in [3.63, 3.8) is 0 Å². The Balaban J connectivity index is 2.28. The summed E-state index contributed by atoms with van der Waals surface area (Å²) in [5.41, 5.74) is 2.04. The molecular weight excluding hydrogens is 246 g/mol. The maximum absolute atomic E-state index is 10.5. The predicted octanol–water partition coefficient (Wildman–Crippen LogP) is 2.54. The summed E-state index contributed by atoms with van der Waals surface area (Å²) >= 11 is 1.88. The molecule has 2 N–H and O–H groups in total. The van der Waals surface area contributed by atoms with Crippen LogP contribution in [0, 0.1) is 0 Å². The normalized spacial score (nSPS) is 12.3. The summed E-state index contributed by atoms with van der Waals surface area (Å²) in [6.45, 7) is 4.08. The van der Waals surface area contributed by atoms with E-state index in [4.69, 9.17) is 5.11 Å². The first-order valence-corrected chi connectivity index (χ1v) is 7.43. The van der Waals surface area contributed by atoms with E-state index in [0.29, 0.717) is 5.25 Å². The van der Waals surface area contributed by atoms with Crippen molar-refractivity contribution in [3.8, 4) is 0 Å². The SMILES string of the molecule is CSC(C)CCNCc1ccc(CC(=O)O)cc1. The lowest BCUT2D eigenvalue weighted by Gasteiger charge is -2.09. The van der Waals surface area contributed by atoms with Crippen molar-refractivity contribution in [3.05, 3.63) is 35.4 Å². The van der Waals surface area contributed by atoms with Crippen LogP contribution in [-0.4, -0.2) is 29.1 Å². The number of carboxylic acids is 1. The van der Waals surface area contributed by atoms with Gasteiger partial charge in [0.25, 0.3) is 0 Å². The Morgan fingerprint density at radius 3 is 2.50 bits per heavy atom. The molecule has 0 aromatic heterocycles. The monoisotopic (exact) mass is 267 g/mol. The molecule has 0 aliphatic carbocycles. The van der Waals surface area contributed by atoms with Gasteiger partial charge in [0.15, 0.2) is 0 Å². The van der Waals surface area contributed by atoms with E-state index in [9.17, 15) is 4.79 Å². The summed E-state index contributed by atoms with van der Waals surface area (Å²) in [6.07, 6.45) is 3.39. The van der Waals surface area contributed by atoms with Gasteiger partial charge >= 0.3 is 5.97 Å². The Bertz CT molecular complexity index is 365. The van der Waals surface area contributed by atoms with Crippen molar-refractivity contribution in [1.29, 1.82) is 0 Å². The summed E-state index contributed by atoms with van der Waals surface area (Å²) in [5, 5.41) is 12.8. The topological polar surface area (TPSA) is 49.3 Å². The Morgan fingerprint density at radius 1 is 1.33 bits per heavy atom. The molecule has 0 fully saturated rings. The van der Waals surface area contributed by atoms with Gasteiger partial charge in [0.1, 0.15) is 0 Å². The molecule has 1 aromatic carbocycles. The number of carbonyl (C=O) groups is 1. The van der Waals surface area contributed by atoms with Gasteiger partial charge in [0.05, 0.1) is 6.42 Å². The van der Waals surface area contributed by atoms with Crippen molar-refractivity contribution >= 4 is 17.7 Å². The fraction of sp³-hybridized carbons (Fsp3) is 0.500. The number of benzene rings is 1. The molecule has 0 saturated heterocycles. The molecule has 0 radical (unpaired) electrons. The van der Waals surface area contributed by atoms with Crippen molar-refractivity contribution in [2.45, 2.75) is 31.6 Å². The third-order valence-corrected chi connectivity index (χ3v) is 3.88. The lowest BCUT2D eigenvalue weighted by Crippen LogP contribution is -2.17. The molecule has 3 nitrogen and oxygen atoms in total. The highest BCUT2D eigenvalue weighted by Crippen LogP contribution is 2.09. The second-order valence-electron chi connectivity index (χ2n) is 4.40. The van der Waals surface area contributed by atoms with Gasteiger partial charge in [0.2, 0.25) is 0 Å². The molecule has 1 aromatic rings. The Kier molecular flexibility index (Phi) is 6.83. The van der Waals surface area contributed by atoms with Gasteiger partial charge in [-0.2, -0.15) is 11.8 Å². The summed E-state index contributed by atoms with van der Waals surface area (Å²) in [7, 11) is 0. The van der Waals surface area contributed by atoms with Crippen LogP contribution in [0.3, 0.4) is 0 Å². The van der Waals surface area contributed by atoms with Gasteiger partial charge in [-0.25, -0.2) is 0 Å². The average Bonchev–Trinajstić information content (AvgIpc) is 2.35. The van der Waals surface area contributed by atoms with Gasteiger partial charge in [0, 0.05) is 11.8 Å². The quantitative estimate of drug-likeness (QED) is 0.711. The third kappa shape index (κ3) is 6.07. The van der Waals surface area contributed by atoms with E-state index in [2.05, 4.69) is 18.5 Å². The minimum Gasteiger partial charge on any atom is -0.481 e. The number of hydrogen-bond acceptors (Lipinski definition) is 3. The Hall–Kier alpha value is -1.00. The van der Waals surface area contributed by atoms with Crippen molar-refractivity contribution in [2.75, 3.05) is 12.8 Å². The molecule has 0 amide bonds. The second kappa shape index (κ2) is 8.16. The van der Waals surface area contributed by atoms with Crippen LogP contribution in [0.2, 0.25) is 0 Å². The highest BCUT2D eigenvalue weighted by molar-refractivity contribution is 7.99. The third-order valence-electron chi connectivity index (χ3n) is 2.84. The number of rotatable bonds is 8. The van der Waals surface area contributed by atoms with E-state index in [-0.39, 0.29) is 6.42 Å². The van der Waals surface area contributed by atoms with Crippen LogP contribution in [0.25, 0.3) is 0 Å². The molecule has 18 heavy (non-hydrogen) atoms. The summed E-state index contributed by atoms with van der Waals surface area (Å²) in [5.74, 6) is -0.785. The van der Waals surface area contributed by atoms with Crippen LogP contribution in [0.1, 0.15) is 24.5 Å². The van der Waals surface area contributed by atoms with Crippen LogP contribution in [0.4, 0.5) is 0 Å². The average molecular weight is 267 g/mol. The molecule has 4 heteroatoms. The largest absolute Gasteiger partial charge is 0.481 e. The van der Waals surface area contributed by atoms with Gasteiger partial charge < -0.3 is 10.4 Å². The standard InChI is InChI=1S/C14H21NO2S/c1-11(18-2)7-8-15-10-13-5-3-12(4-6-13)9-14(16)17/h3-6,11,15H,7-10H2,1-2H3,(H,16,17). The lowest BCUT2D eigenvalue weighted by atomic mass is 10.1. The van der Waals surface area contributed by atoms with E-state index in [0.717, 1.165) is 25.1 Å². The lowest BCUT2D eigenvalue weighted by molar-refractivity contribution is -0.136. The maximum Gasteiger partial charge on any atom is 0.307 e. The smallest absolute Gasteiger partial charge is 0.307 e. The molecule has 100 valence electrons. The summed E-state index contributed by atoms with van der Waals surface area (Å²) < 4.78 is 0. The zero-order valence-electron chi connectivity index (χ0n) is 11.0. The number of hydrogen-bond donors (Lipinski definition) is 2. The fourth-order valence-corrected chi connectivity index (χ4v) is 1.96. The molecule has 0 aliphatic heterocycles. The maximum atomic E-state index is 10.5. The van der Waals surface area contributed by atoms with Gasteiger partial charge in [-0.05, 0) is 30.3 Å². The van der Waals surface area contributed by atoms with Crippen molar-refractivity contribution in [2.24, 2.45) is 0 Å². The van der Waals surface area contributed by atoms with Crippen LogP contribution < -0.4 is 5.32 Å². The van der Waals surface area contributed by atoms with Gasteiger partial charge in [-0.3, -0.25) is 4.79 Å². The molecule has 1 rings (SSSR count). The Labute approximate surface area is 113 Å². The van der Waals surface area contributed by atoms with Crippen molar-refractivity contribution in [1.82, 2.24) is 5.32 Å². The van der Waals surface area contributed by atoms with Crippen LogP contribution >= 0.6 is 11.8 Å². The number of carboxylic acid groups (broad SMARTS) is 1. The first kappa shape index (κ1) is 15.1. The highest BCUT2D eigenvalue weighted by Gasteiger charge is 2.01. The molecule has 0 saturated carbocycles. The van der Waals surface area contributed by atoms with E-state index < -0.39 is 5.97 Å². The summed E-state index contributed by atoms with van der Waals surface area (Å²) in [4.78, 5) is 10.5. The van der Waals surface area contributed by atoms with E-state index in [1.807, 2.05) is 36.0 Å². The number of thioether (sulfide) groups is 1. The van der Waals surface area contributed by atoms with E-state index in [1.54, 1.807) is 0 Å². The number of aliphatic carboxylic acids is 1. The second-order valence-corrected chi connectivity index (χ2v) is 5.67. The molecule has 0 spiro atoms. The highest BCUT2D eigenvalue weighted by atomic mass is 32.2. The number of nitrogens with one attached hydrogen (secondary N) is 1. The van der Waals surface area contributed by atoms with E-state index >= 15 is 0 Å². The van der Waals surface area contributed by atoms with Crippen molar-refractivity contribution < 1.29 is 9.90 Å². The molecule has 0 heterocycles. The fourth-order valence-electron chi connectivity index (χ4n) is 1.61. The molecule has 1 unspecified atom stereocenters. The minimum absolute atomic E-state index is 0.0962. The zero-order valence-corrected chi connectivity index (χ0v) is 11.8. The molecule has 1 atom stereocenters. The van der Waals surface area contributed by atoms with Gasteiger partial charge in [-0.15, -0.1) is 0 Å². The molecule has 0 bridgehead atoms. The van der Waals surface area contributed by atoms with E-state index in [1.165, 1.54) is 5.56 Å². The summed E-state index contributed by atoms with van der Waals surface area (Å²) in [6, 6.07) is 7.75. The molecular formula is C14H21NO2S. The van der Waals surface area contributed by atoms with Crippen LogP contribution in [0.5, 0.6) is 0 Å². The Morgan fingerprint density at radius 2 is 1.94 bits per heavy atom. The van der Waals surface area contributed by atoms with Crippen LogP contribution in [-0.2, 0) is 17.8 Å². The first-order valence-electron chi connectivity index (χ1n) is 6.15.